The number of amides is 1. The van der Waals surface area contributed by atoms with E-state index in [0.29, 0.717) is 34.3 Å². The molecule has 0 unspecified atom stereocenters. The van der Waals surface area contributed by atoms with Gasteiger partial charge in [0.05, 0.1) is 11.2 Å². The smallest absolute Gasteiger partial charge is 0.271 e. The lowest BCUT2D eigenvalue weighted by Crippen LogP contribution is -2.17. The van der Waals surface area contributed by atoms with Crippen LogP contribution in [0.25, 0.3) is 0 Å². The summed E-state index contributed by atoms with van der Waals surface area (Å²) in [5.41, 5.74) is 4.64. The zero-order valence-electron chi connectivity index (χ0n) is 15.3. The number of rotatable bonds is 6. The van der Waals surface area contributed by atoms with Crippen LogP contribution in [0.3, 0.4) is 0 Å². The van der Waals surface area contributed by atoms with Crippen LogP contribution in [0, 0.1) is 0 Å². The molecule has 0 spiro atoms. The lowest BCUT2D eigenvalue weighted by Gasteiger charge is -2.06. The van der Waals surface area contributed by atoms with Crippen molar-refractivity contribution >= 4 is 23.7 Å². The van der Waals surface area contributed by atoms with Crippen LogP contribution in [-0.2, 0) is 6.61 Å². The lowest BCUT2D eigenvalue weighted by atomic mass is 10.1. The molecule has 1 aliphatic rings. The first-order valence-corrected chi connectivity index (χ1v) is 9.26. The van der Waals surface area contributed by atoms with Gasteiger partial charge >= 0.3 is 0 Å². The fourth-order valence-electron chi connectivity index (χ4n) is 2.73. The van der Waals surface area contributed by atoms with Crippen LogP contribution in [-0.4, -0.2) is 18.9 Å². The third-order valence-corrected chi connectivity index (χ3v) is 4.47. The molecule has 0 aliphatic carbocycles. The summed E-state index contributed by atoms with van der Waals surface area (Å²) in [6, 6.07) is 20.1. The summed E-state index contributed by atoms with van der Waals surface area (Å²) in [7, 11) is 0. The SMILES string of the molecule is O=C(N/N=C\c1cc(Cl)c2c(c1)OCO2)c1ccc(COc2ccccc2)cc1. The summed E-state index contributed by atoms with van der Waals surface area (Å²) in [5, 5.41) is 4.41. The van der Waals surface area contributed by atoms with E-state index in [0.717, 1.165) is 11.3 Å². The molecule has 1 amide bonds. The zero-order chi connectivity index (χ0) is 20.1. The number of carbonyl (C=O) groups excluding carboxylic acids is 1. The quantitative estimate of drug-likeness (QED) is 0.484. The van der Waals surface area contributed by atoms with Crippen LogP contribution in [0.15, 0.2) is 71.8 Å². The standard InChI is InChI=1S/C22H17ClN2O4/c23-19-10-16(11-20-21(19)29-14-28-20)12-24-25-22(26)17-8-6-15(7-9-17)13-27-18-4-2-1-3-5-18/h1-12H,13-14H2,(H,25,26)/b24-12-. The van der Waals surface area contributed by atoms with E-state index < -0.39 is 0 Å². The Morgan fingerprint density at radius 3 is 2.69 bits per heavy atom. The Balaban J connectivity index is 1.33. The van der Waals surface area contributed by atoms with Gasteiger partial charge in [-0.05, 0) is 47.5 Å². The molecule has 0 fully saturated rings. The van der Waals surface area contributed by atoms with Crippen molar-refractivity contribution in [1.29, 1.82) is 0 Å². The topological polar surface area (TPSA) is 69.2 Å². The van der Waals surface area contributed by atoms with Crippen LogP contribution in [0.1, 0.15) is 21.5 Å². The molecule has 0 saturated heterocycles. The minimum atomic E-state index is -0.316. The zero-order valence-corrected chi connectivity index (χ0v) is 16.1. The number of ether oxygens (including phenoxy) is 3. The van der Waals surface area contributed by atoms with Crippen molar-refractivity contribution in [3.8, 4) is 17.2 Å². The van der Waals surface area contributed by atoms with Crippen LogP contribution in [0.5, 0.6) is 17.2 Å². The molecule has 3 aromatic rings. The first-order chi connectivity index (χ1) is 14.2. The van der Waals surface area contributed by atoms with Gasteiger partial charge in [0.2, 0.25) is 6.79 Å². The fraction of sp³-hybridized carbons (Fsp3) is 0.0909. The van der Waals surface area contributed by atoms with Gasteiger partial charge in [0.15, 0.2) is 11.5 Å². The highest BCUT2D eigenvalue weighted by Gasteiger charge is 2.17. The number of para-hydroxylation sites is 1. The van der Waals surface area contributed by atoms with Gasteiger partial charge in [0, 0.05) is 5.56 Å². The van der Waals surface area contributed by atoms with Crippen molar-refractivity contribution < 1.29 is 19.0 Å². The maximum absolute atomic E-state index is 12.3. The minimum Gasteiger partial charge on any atom is -0.489 e. The molecule has 29 heavy (non-hydrogen) atoms. The first-order valence-electron chi connectivity index (χ1n) is 8.88. The Labute approximate surface area is 172 Å². The molecule has 0 bridgehead atoms. The molecule has 7 heteroatoms. The van der Waals surface area contributed by atoms with Crippen LogP contribution in [0.2, 0.25) is 5.02 Å². The fourth-order valence-corrected chi connectivity index (χ4v) is 3.00. The normalized spacial score (nSPS) is 12.2. The van der Waals surface area contributed by atoms with E-state index in [1.165, 1.54) is 6.21 Å². The maximum Gasteiger partial charge on any atom is 0.271 e. The molecule has 146 valence electrons. The third kappa shape index (κ3) is 4.67. The number of nitrogens with zero attached hydrogens (tertiary/aromatic N) is 1. The Kier molecular flexibility index (Phi) is 5.63. The number of nitrogens with one attached hydrogen (secondary N) is 1. The summed E-state index contributed by atoms with van der Waals surface area (Å²) in [5.74, 6) is 1.55. The van der Waals surface area contributed by atoms with Gasteiger partial charge in [0.1, 0.15) is 12.4 Å². The number of hydrogen-bond donors (Lipinski definition) is 1. The average Bonchev–Trinajstić information content (AvgIpc) is 3.23. The van der Waals surface area contributed by atoms with Crippen LogP contribution < -0.4 is 19.6 Å². The number of fused-ring (bicyclic) bond motifs is 1. The number of benzene rings is 3. The third-order valence-electron chi connectivity index (χ3n) is 4.19. The number of carbonyl (C=O) groups is 1. The minimum absolute atomic E-state index is 0.138. The summed E-state index contributed by atoms with van der Waals surface area (Å²) in [6.45, 7) is 0.563. The van der Waals surface area contributed by atoms with E-state index in [1.807, 2.05) is 42.5 Å². The van der Waals surface area contributed by atoms with Crippen LogP contribution in [0.4, 0.5) is 0 Å². The number of halogens is 1. The highest BCUT2D eigenvalue weighted by molar-refractivity contribution is 6.32. The molecule has 6 nitrogen and oxygen atoms in total. The number of hydrazone groups is 1. The van der Waals surface area contributed by atoms with Crippen molar-refractivity contribution in [1.82, 2.24) is 5.43 Å². The van der Waals surface area contributed by atoms with Gasteiger partial charge in [-0.1, -0.05) is 41.9 Å². The highest BCUT2D eigenvalue weighted by Crippen LogP contribution is 2.39. The number of hydrogen-bond acceptors (Lipinski definition) is 5. The average molecular weight is 409 g/mol. The summed E-state index contributed by atoms with van der Waals surface area (Å²) in [4.78, 5) is 12.3. The van der Waals surface area contributed by atoms with E-state index in [-0.39, 0.29) is 12.7 Å². The molecule has 0 aromatic heterocycles. The molecular formula is C22H17ClN2O4. The van der Waals surface area contributed by atoms with E-state index in [4.69, 9.17) is 25.8 Å². The molecule has 0 atom stereocenters. The molecule has 0 saturated carbocycles. The van der Waals surface area contributed by atoms with Gasteiger partial charge in [0.25, 0.3) is 5.91 Å². The summed E-state index contributed by atoms with van der Waals surface area (Å²) < 4.78 is 16.3. The van der Waals surface area contributed by atoms with Crippen LogP contribution >= 0.6 is 11.6 Å². The predicted octanol–water partition coefficient (Wildman–Crippen LogP) is 4.41. The van der Waals surface area contributed by atoms with Gasteiger partial charge < -0.3 is 14.2 Å². The molecule has 3 aromatic carbocycles. The van der Waals surface area contributed by atoms with Crippen molar-refractivity contribution in [3.63, 3.8) is 0 Å². The van der Waals surface area contributed by atoms with Crippen molar-refractivity contribution in [2.24, 2.45) is 5.10 Å². The molecule has 4 rings (SSSR count). The molecular weight excluding hydrogens is 392 g/mol. The predicted molar refractivity (Wildman–Crippen MR) is 110 cm³/mol. The van der Waals surface area contributed by atoms with Gasteiger partial charge in [-0.15, -0.1) is 0 Å². The Morgan fingerprint density at radius 1 is 1.10 bits per heavy atom. The molecule has 1 aliphatic heterocycles. The van der Waals surface area contributed by atoms with Gasteiger partial charge in [-0.2, -0.15) is 5.10 Å². The lowest BCUT2D eigenvalue weighted by molar-refractivity contribution is 0.0955. The second-order valence-corrected chi connectivity index (χ2v) is 6.64. The second-order valence-electron chi connectivity index (χ2n) is 6.23. The molecule has 0 radical (unpaired) electrons. The maximum atomic E-state index is 12.3. The van der Waals surface area contributed by atoms with E-state index in [9.17, 15) is 4.79 Å². The Bertz CT molecular complexity index is 1040. The van der Waals surface area contributed by atoms with Crippen molar-refractivity contribution in [2.45, 2.75) is 6.61 Å². The Hall–Kier alpha value is -3.51. The van der Waals surface area contributed by atoms with Crippen molar-refractivity contribution in [2.75, 3.05) is 6.79 Å². The van der Waals surface area contributed by atoms with E-state index in [2.05, 4.69) is 10.5 Å². The second kappa shape index (κ2) is 8.67. The summed E-state index contributed by atoms with van der Waals surface area (Å²) in [6.07, 6.45) is 1.49. The summed E-state index contributed by atoms with van der Waals surface area (Å²) >= 11 is 6.13. The van der Waals surface area contributed by atoms with Crippen molar-refractivity contribution in [3.05, 3.63) is 88.4 Å². The van der Waals surface area contributed by atoms with E-state index in [1.54, 1.807) is 24.3 Å². The van der Waals surface area contributed by atoms with Gasteiger partial charge in [-0.3, -0.25) is 4.79 Å². The first kappa shape index (κ1) is 18.8. The highest BCUT2D eigenvalue weighted by atomic mass is 35.5. The van der Waals surface area contributed by atoms with Gasteiger partial charge in [-0.25, -0.2) is 5.43 Å². The molecule has 1 heterocycles. The molecule has 1 N–H and O–H groups in total. The Morgan fingerprint density at radius 2 is 1.90 bits per heavy atom. The largest absolute Gasteiger partial charge is 0.489 e. The van der Waals surface area contributed by atoms with E-state index >= 15 is 0 Å². The monoisotopic (exact) mass is 408 g/mol.